The van der Waals surface area contributed by atoms with Crippen LogP contribution in [0.2, 0.25) is 0 Å². The summed E-state index contributed by atoms with van der Waals surface area (Å²) in [6, 6.07) is 8.00. The number of hydrogen-bond acceptors (Lipinski definition) is 6. The van der Waals surface area contributed by atoms with Gasteiger partial charge < -0.3 is 10.3 Å². The Hall–Kier alpha value is -0.980. The highest BCUT2D eigenvalue weighted by molar-refractivity contribution is 7.99. The number of benzene rings is 1. The van der Waals surface area contributed by atoms with Crippen LogP contribution in [-0.4, -0.2) is 27.9 Å². The normalized spacial score (nSPS) is 12.6. The molecule has 2 N–H and O–H groups in total. The van der Waals surface area contributed by atoms with E-state index in [4.69, 9.17) is 10.3 Å². The van der Waals surface area contributed by atoms with Crippen molar-refractivity contribution in [3.63, 3.8) is 0 Å². The molecule has 0 unspecified atom stereocenters. The van der Waals surface area contributed by atoms with Crippen LogP contribution in [0, 0.1) is 0 Å². The summed E-state index contributed by atoms with van der Waals surface area (Å²) in [5.74, 6) is 3.17. The summed E-state index contributed by atoms with van der Waals surface area (Å²) in [5, 5.41) is 4.01. The molecule has 20 heavy (non-hydrogen) atoms. The van der Waals surface area contributed by atoms with Gasteiger partial charge in [-0.15, -0.1) is 11.8 Å². The highest BCUT2D eigenvalue weighted by Gasteiger charge is 2.15. The van der Waals surface area contributed by atoms with Gasteiger partial charge in [-0.1, -0.05) is 12.1 Å². The van der Waals surface area contributed by atoms with Gasteiger partial charge in [0.25, 0.3) is 0 Å². The summed E-state index contributed by atoms with van der Waals surface area (Å²) in [7, 11) is 0. The lowest BCUT2D eigenvalue weighted by atomic mass is 10.2. The standard InChI is InChI=1S/C14H19N3OS2/c1-3-20-11-6-4-10(5-7-11)13-16-14(18-17-13)12(15)8-9-19-2/h4-7,12H,3,8-9,15H2,1-2H3/t12-/m0/s1. The average molecular weight is 309 g/mol. The van der Waals surface area contributed by atoms with Crippen molar-refractivity contribution in [3.8, 4) is 11.4 Å². The number of hydrogen-bond donors (Lipinski definition) is 1. The quantitative estimate of drug-likeness (QED) is 0.788. The van der Waals surface area contributed by atoms with Crippen LogP contribution in [0.3, 0.4) is 0 Å². The van der Waals surface area contributed by atoms with Crippen LogP contribution in [-0.2, 0) is 0 Å². The van der Waals surface area contributed by atoms with Crippen LogP contribution in [0.25, 0.3) is 11.4 Å². The zero-order valence-corrected chi connectivity index (χ0v) is 13.3. The van der Waals surface area contributed by atoms with Crippen molar-refractivity contribution in [1.82, 2.24) is 10.1 Å². The highest BCUT2D eigenvalue weighted by Crippen LogP contribution is 2.23. The molecule has 0 radical (unpaired) electrons. The molecule has 4 nitrogen and oxygen atoms in total. The maximum absolute atomic E-state index is 6.02. The first kappa shape index (κ1) is 15.4. The Bertz CT molecular complexity index is 527. The molecule has 0 fully saturated rings. The Labute approximate surface area is 127 Å². The molecule has 6 heteroatoms. The summed E-state index contributed by atoms with van der Waals surface area (Å²) in [5.41, 5.74) is 6.98. The van der Waals surface area contributed by atoms with Gasteiger partial charge in [0, 0.05) is 10.5 Å². The van der Waals surface area contributed by atoms with E-state index in [0.29, 0.717) is 11.7 Å². The lowest BCUT2D eigenvalue weighted by Gasteiger charge is -2.03. The first-order valence-electron chi connectivity index (χ1n) is 6.56. The lowest BCUT2D eigenvalue weighted by Crippen LogP contribution is -2.11. The second kappa shape index (κ2) is 7.71. The summed E-state index contributed by atoms with van der Waals surface area (Å²) in [6.45, 7) is 2.14. The molecule has 1 aromatic carbocycles. The molecule has 1 heterocycles. The molecule has 2 aromatic rings. The molecule has 108 valence electrons. The van der Waals surface area contributed by atoms with Crippen molar-refractivity contribution in [3.05, 3.63) is 30.2 Å². The largest absolute Gasteiger partial charge is 0.337 e. The molecule has 0 amide bonds. The van der Waals surface area contributed by atoms with Gasteiger partial charge in [-0.2, -0.15) is 16.7 Å². The summed E-state index contributed by atoms with van der Waals surface area (Å²) < 4.78 is 5.26. The molecule has 0 aliphatic carbocycles. The van der Waals surface area contributed by atoms with E-state index in [1.54, 1.807) is 11.8 Å². The number of aromatic nitrogens is 2. The van der Waals surface area contributed by atoms with Gasteiger partial charge in [0.1, 0.15) is 0 Å². The summed E-state index contributed by atoms with van der Waals surface area (Å²) >= 11 is 3.57. The van der Waals surface area contributed by atoms with Crippen molar-refractivity contribution in [1.29, 1.82) is 0 Å². The number of thioether (sulfide) groups is 2. The SMILES string of the molecule is CCSc1ccc(-c2noc([C@@H](N)CCSC)n2)cc1. The molecule has 1 atom stereocenters. The first-order chi connectivity index (χ1) is 9.74. The lowest BCUT2D eigenvalue weighted by molar-refractivity contribution is 0.353. The molecule has 0 saturated heterocycles. The van der Waals surface area contributed by atoms with Crippen LogP contribution in [0.15, 0.2) is 33.7 Å². The molecular formula is C14H19N3OS2. The number of nitrogens with zero attached hydrogens (tertiary/aromatic N) is 2. The zero-order chi connectivity index (χ0) is 14.4. The van der Waals surface area contributed by atoms with E-state index in [-0.39, 0.29) is 6.04 Å². The van der Waals surface area contributed by atoms with Gasteiger partial charge in [0.15, 0.2) is 0 Å². The molecule has 0 bridgehead atoms. The van der Waals surface area contributed by atoms with E-state index < -0.39 is 0 Å². The van der Waals surface area contributed by atoms with Crippen LogP contribution >= 0.6 is 23.5 Å². The van der Waals surface area contributed by atoms with E-state index in [0.717, 1.165) is 23.5 Å². The van der Waals surface area contributed by atoms with Crippen molar-refractivity contribution < 1.29 is 4.52 Å². The zero-order valence-electron chi connectivity index (χ0n) is 11.7. The third-order valence-corrected chi connectivity index (χ3v) is 4.35. The van der Waals surface area contributed by atoms with E-state index in [9.17, 15) is 0 Å². The van der Waals surface area contributed by atoms with E-state index in [2.05, 4.69) is 35.5 Å². The highest BCUT2D eigenvalue weighted by atomic mass is 32.2. The average Bonchev–Trinajstić information content (AvgIpc) is 2.96. The van der Waals surface area contributed by atoms with Crippen molar-refractivity contribution in [2.75, 3.05) is 17.8 Å². The molecule has 0 saturated carbocycles. The minimum atomic E-state index is -0.182. The molecule has 0 aliphatic heterocycles. The molecule has 0 spiro atoms. The van der Waals surface area contributed by atoms with Gasteiger partial charge in [0.2, 0.25) is 11.7 Å². The topological polar surface area (TPSA) is 64.9 Å². The van der Waals surface area contributed by atoms with E-state index in [1.165, 1.54) is 4.90 Å². The first-order valence-corrected chi connectivity index (χ1v) is 8.94. The van der Waals surface area contributed by atoms with Crippen molar-refractivity contribution >= 4 is 23.5 Å². The molecule has 0 aliphatic rings. The minimum Gasteiger partial charge on any atom is -0.337 e. The Balaban J connectivity index is 2.07. The second-order valence-electron chi connectivity index (χ2n) is 4.30. The fourth-order valence-corrected chi connectivity index (χ4v) is 2.89. The van der Waals surface area contributed by atoms with Gasteiger partial charge in [-0.3, -0.25) is 0 Å². The fraction of sp³-hybridized carbons (Fsp3) is 0.429. The Morgan fingerprint density at radius 1 is 1.30 bits per heavy atom. The summed E-state index contributed by atoms with van der Waals surface area (Å²) in [6.07, 6.45) is 2.90. The van der Waals surface area contributed by atoms with Gasteiger partial charge >= 0.3 is 0 Å². The third-order valence-electron chi connectivity index (χ3n) is 2.82. The summed E-state index contributed by atoms with van der Waals surface area (Å²) in [4.78, 5) is 5.64. The fourth-order valence-electron chi connectivity index (χ4n) is 1.74. The number of rotatable bonds is 7. The minimum absolute atomic E-state index is 0.182. The molecular weight excluding hydrogens is 290 g/mol. The second-order valence-corrected chi connectivity index (χ2v) is 6.62. The monoisotopic (exact) mass is 309 g/mol. The van der Waals surface area contributed by atoms with Crippen LogP contribution in [0.4, 0.5) is 0 Å². The predicted octanol–water partition coefficient (Wildman–Crippen LogP) is 3.60. The Morgan fingerprint density at radius 3 is 2.70 bits per heavy atom. The van der Waals surface area contributed by atoms with Crippen molar-refractivity contribution in [2.45, 2.75) is 24.3 Å². The number of nitrogens with two attached hydrogens (primary N) is 1. The maximum atomic E-state index is 6.02. The van der Waals surface area contributed by atoms with E-state index in [1.807, 2.05) is 23.9 Å². The van der Waals surface area contributed by atoms with Gasteiger partial charge in [-0.25, -0.2) is 0 Å². The predicted molar refractivity (Wildman–Crippen MR) is 86.1 cm³/mol. The Morgan fingerprint density at radius 2 is 2.05 bits per heavy atom. The molecule has 2 rings (SSSR count). The molecule has 1 aromatic heterocycles. The third kappa shape index (κ3) is 4.01. The smallest absolute Gasteiger partial charge is 0.243 e. The van der Waals surface area contributed by atoms with E-state index >= 15 is 0 Å². The van der Waals surface area contributed by atoms with Crippen LogP contribution in [0.5, 0.6) is 0 Å². The maximum Gasteiger partial charge on any atom is 0.243 e. The van der Waals surface area contributed by atoms with Crippen LogP contribution in [0.1, 0.15) is 25.3 Å². The van der Waals surface area contributed by atoms with Crippen molar-refractivity contribution in [2.24, 2.45) is 5.73 Å². The van der Waals surface area contributed by atoms with Gasteiger partial charge in [0.05, 0.1) is 6.04 Å². The van der Waals surface area contributed by atoms with Gasteiger partial charge in [-0.05, 0) is 48.4 Å². The van der Waals surface area contributed by atoms with Crippen LogP contribution < -0.4 is 5.73 Å². The Kier molecular flexibility index (Phi) is 5.94.